The molecule has 0 atom stereocenters. The number of ether oxygens (including phenoxy) is 1. The third-order valence-corrected chi connectivity index (χ3v) is 8.42. The minimum atomic E-state index is -4.65. The van der Waals surface area contributed by atoms with Gasteiger partial charge in [0.1, 0.15) is 5.82 Å². The van der Waals surface area contributed by atoms with Gasteiger partial charge in [-0.3, -0.25) is 9.48 Å². The van der Waals surface area contributed by atoms with Crippen LogP contribution in [0.15, 0.2) is 42.7 Å². The summed E-state index contributed by atoms with van der Waals surface area (Å²) >= 11 is 6.04. The summed E-state index contributed by atoms with van der Waals surface area (Å²) in [4.78, 5) is 19.8. The fourth-order valence-corrected chi connectivity index (χ4v) is 6.19. The molecule has 7 nitrogen and oxygen atoms in total. The van der Waals surface area contributed by atoms with Gasteiger partial charge in [0.15, 0.2) is 5.82 Å². The molecule has 0 N–H and O–H groups in total. The summed E-state index contributed by atoms with van der Waals surface area (Å²) in [6, 6.07) is 5.89. The summed E-state index contributed by atoms with van der Waals surface area (Å²) in [7, 11) is 1.67. The highest BCUT2D eigenvalue weighted by atomic mass is 35.5. The summed E-state index contributed by atoms with van der Waals surface area (Å²) in [5.74, 6) is 1.01. The molecule has 1 fully saturated rings. The van der Waals surface area contributed by atoms with Crippen molar-refractivity contribution in [1.29, 1.82) is 0 Å². The minimum absolute atomic E-state index is 0.104. The molecule has 2 aromatic heterocycles. The van der Waals surface area contributed by atoms with E-state index in [1.54, 1.807) is 31.1 Å². The number of halogens is 7. The Morgan fingerprint density at radius 1 is 0.957 bits per heavy atom. The first-order valence-electron chi connectivity index (χ1n) is 15.2. The van der Waals surface area contributed by atoms with Crippen LogP contribution in [0.1, 0.15) is 68.2 Å². The number of hydrogen-bond donors (Lipinski definition) is 0. The molecule has 0 bridgehead atoms. The van der Waals surface area contributed by atoms with Crippen molar-refractivity contribution >= 4 is 29.2 Å². The second-order valence-electron chi connectivity index (χ2n) is 11.7. The number of alkyl halides is 6. The Morgan fingerprint density at radius 2 is 1.63 bits per heavy atom. The van der Waals surface area contributed by atoms with Gasteiger partial charge in [0.25, 0.3) is 0 Å². The smallest absolute Gasteiger partial charge is 0.417 e. The van der Waals surface area contributed by atoms with Crippen LogP contribution in [0, 0.1) is 11.8 Å². The van der Waals surface area contributed by atoms with E-state index in [0.29, 0.717) is 37.8 Å². The molecule has 1 aromatic carbocycles. The maximum atomic E-state index is 13.9. The number of nitrogens with zero attached hydrogens (tertiary/aromatic N) is 5. The van der Waals surface area contributed by atoms with Gasteiger partial charge in [-0.2, -0.15) is 31.4 Å². The van der Waals surface area contributed by atoms with Crippen molar-refractivity contribution < 1.29 is 35.9 Å². The van der Waals surface area contributed by atoms with Gasteiger partial charge < -0.3 is 14.5 Å². The van der Waals surface area contributed by atoms with E-state index < -0.39 is 23.5 Å². The van der Waals surface area contributed by atoms with E-state index in [9.17, 15) is 31.1 Å². The zero-order valence-corrected chi connectivity index (χ0v) is 26.7. The third kappa shape index (κ3) is 9.52. The highest BCUT2D eigenvalue weighted by molar-refractivity contribution is 6.30. The zero-order chi connectivity index (χ0) is 33.6. The Labute approximate surface area is 269 Å². The molecule has 2 heterocycles. The quantitative estimate of drug-likeness (QED) is 0.142. The molecular weight excluding hydrogens is 636 g/mol. The van der Waals surface area contributed by atoms with E-state index in [1.165, 1.54) is 10.7 Å². The summed E-state index contributed by atoms with van der Waals surface area (Å²) < 4.78 is 89.0. The van der Waals surface area contributed by atoms with Crippen LogP contribution in [0.5, 0.6) is 0 Å². The monoisotopic (exact) mass is 673 g/mol. The van der Waals surface area contributed by atoms with Crippen LogP contribution in [-0.4, -0.2) is 40.4 Å². The Morgan fingerprint density at radius 3 is 2.22 bits per heavy atom. The number of benzene rings is 1. The van der Waals surface area contributed by atoms with E-state index >= 15 is 0 Å². The second-order valence-corrected chi connectivity index (χ2v) is 12.1. The van der Waals surface area contributed by atoms with Crippen molar-refractivity contribution in [2.75, 3.05) is 29.5 Å². The molecule has 4 rings (SSSR count). The fraction of sp³-hybridized carbons (Fsp3) is 0.531. The number of aryl methyl sites for hydroxylation is 1. The van der Waals surface area contributed by atoms with Crippen molar-refractivity contribution in [2.45, 2.75) is 71.4 Å². The standard InChI is InChI=1S/C32H38ClF6N5O2/c1-4-43(18-22-8-6-21(7-9-22)14-29(45)46-5-2)30-24(15-26(17-40-30)32(37,38)39)20-44(28-10-11-42(3)41-28)19-23-12-25(31(34,35)36)16-27(33)13-23/h10-13,15-17,21-22H,4-9,14,18-20H2,1-3H3. The highest BCUT2D eigenvalue weighted by Crippen LogP contribution is 2.36. The van der Waals surface area contributed by atoms with E-state index in [2.05, 4.69) is 10.1 Å². The first kappa shape index (κ1) is 35.4. The SMILES string of the molecule is CCOC(=O)CC1CCC(CN(CC)c2ncc(C(F)(F)F)cc2CN(Cc2cc(Cl)cc(C(F)(F)F)c2)c2ccn(C)n2)CC1. The summed E-state index contributed by atoms with van der Waals surface area (Å²) in [5.41, 5.74) is -1.37. The molecule has 0 unspecified atom stereocenters. The predicted octanol–water partition coefficient (Wildman–Crippen LogP) is 8.30. The van der Waals surface area contributed by atoms with Crippen LogP contribution in [-0.2, 0) is 42.0 Å². The van der Waals surface area contributed by atoms with Crippen LogP contribution >= 0.6 is 11.6 Å². The molecule has 0 spiro atoms. The van der Waals surface area contributed by atoms with Crippen LogP contribution in [0.2, 0.25) is 5.02 Å². The molecular formula is C32H38ClF6N5O2. The van der Waals surface area contributed by atoms with Gasteiger partial charge in [0, 0.05) is 68.7 Å². The lowest BCUT2D eigenvalue weighted by Crippen LogP contribution is -2.34. The lowest BCUT2D eigenvalue weighted by molar-refractivity contribution is -0.144. The molecule has 1 aliphatic carbocycles. The Kier molecular flexibility index (Phi) is 11.5. The minimum Gasteiger partial charge on any atom is -0.466 e. The lowest BCUT2D eigenvalue weighted by Gasteiger charge is -2.34. The number of hydrogen-bond acceptors (Lipinski definition) is 6. The van der Waals surface area contributed by atoms with Crippen molar-refractivity contribution in [2.24, 2.45) is 18.9 Å². The lowest BCUT2D eigenvalue weighted by atomic mass is 9.80. The molecule has 0 aliphatic heterocycles. The van der Waals surface area contributed by atoms with Crippen LogP contribution in [0.3, 0.4) is 0 Å². The second kappa shape index (κ2) is 15.0. The van der Waals surface area contributed by atoms with E-state index in [1.807, 2.05) is 11.8 Å². The highest BCUT2D eigenvalue weighted by Gasteiger charge is 2.34. The largest absolute Gasteiger partial charge is 0.466 e. The maximum absolute atomic E-state index is 13.9. The van der Waals surface area contributed by atoms with Gasteiger partial charge in [-0.05, 0) is 81.2 Å². The molecule has 14 heteroatoms. The van der Waals surface area contributed by atoms with Crippen LogP contribution in [0.4, 0.5) is 38.0 Å². The van der Waals surface area contributed by atoms with E-state index in [-0.39, 0.29) is 47.0 Å². The average Bonchev–Trinajstić information content (AvgIpc) is 3.41. The molecule has 0 amide bonds. The summed E-state index contributed by atoms with van der Waals surface area (Å²) in [6.07, 6.45) is -3.05. The molecule has 0 saturated heterocycles. The van der Waals surface area contributed by atoms with Gasteiger partial charge in [0.2, 0.25) is 0 Å². The van der Waals surface area contributed by atoms with E-state index in [0.717, 1.165) is 50.1 Å². The number of rotatable bonds is 12. The van der Waals surface area contributed by atoms with Gasteiger partial charge in [0.05, 0.1) is 17.7 Å². The van der Waals surface area contributed by atoms with Crippen LogP contribution < -0.4 is 9.80 Å². The molecule has 46 heavy (non-hydrogen) atoms. The topological polar surface area (TPSA) is 63.5 Å². The number of aromatic nitrogens is 3. The first-order valence-corrected chi connectivity index (χ1v) is 15.6. The average molecular weight is 674 g/mol. The summed E-state index contributed by atoms with van der Waals surface area (Å²) in [5, 5.41) is 4.28. The van der Waals surface area contributed by atoms with E-state index in [4.69, 9.17) is 16.3 Å². The number of pyridine rings is 1. The van der Waals surface area contributed by atoms with Crippen molar-refractivity contribution in [1.82, 2.24) is 14.8 Å². The fourth-order valence-electron chi connectivity index (χ4n) is 5.93. The van der Waals surface area contributed by atoms with Gasteiger partial charge in [-0.15, -0.1) is 0 Å². The first-order chi connectivity index (χ1) is 21.7. The Balaban J connectivity index is 1.63. The Bertz CT molecular complexity index is 1470. The van der Waals surface area contributed by atoms with Crippen LogP contribution in [0.25, 0.3) is 0 Å². The molecule has 3 aromatic rings. The van der Waals surface area contributed by atoms with Gasteiger partial charge in [-0.1, -0.05) is 11.6 Å². The Hall–Kier alpha value is -3.48. The molecule has 252 valence electrons. The molecule has 0 radical (unpaired) electrons. The maximum Gasteiger partial charge on any atom is 0.417 e. The van der Waals surface area contributed by atoms with Gasteiger partial charge >= 0.3 is 18.3 Å². The third-order valence-electron chi connectivity index (χ3n) is 8.20. The number of anilines is 2. The predicted molar refractivity (Wildman–Crippen MR) is 163 cm³/mol. The van der Waals surface area contributed by atoms with Crippen molar-refractivity contribution in [3.63, 3.8) is 0 Å². The zero-order valence-electron chi connectivity index (χ0n) is 26.0. The number of esters is 1. The normalized spacial score (nSPS) is 17.2. The molecule has 1 aliphatic rings. The van der Waals surface area contributed by atoms with Gasteiger partial charge in [-0.25, -0.2) is 4.98 Å². The van der Waals surface area contributed by atoms with Crippen molar-refractivity contribution in [3.05, 3.63) is 70.0 Å². The summed E-state index contributed by atoms with van der Waals surface area (Å²) in [6.45, 7) is 4.83. The number of carbonyl (C=O) groups excluding carboxylic acids is 1. The molecule has 1 saturated carbocycles. The van der Waals surface area contributed by atoms with Crippen molar-refractivity contribution in [3.8, 4) is 0 Å². The number of carbonyl (C=O) groups is 1.